The number of benzene rings is 1. The average molecular weight is 728 g/mol. The molecule has 1 aromatic rings. The highest BCUT2D eigenvalue weighted by Crippen LogP contribution is 2.45. The second kappa shape index (κ2) is 14.8. The zero-order valence-electron chi connectivity index (χ0n) is 31.8. The fourth-order valence-corrected chi connectivity index (χ4v) is 13.5. The lowest BCUT2D eigenvalue weighted by Gasteiger charge is -2.35. The van der Waals surface area contributed by atoms with E-state index in [4.69, 9.17) is 0 Å². The number of hydrogen-bond acceptors (Lipinski definition) is 10. The molecule has 11 heteroatoms. The summed E-state index contributed by atoms with van der Waals surface area (Å²) in [6.07, 6.45) is 25.6. The summed E-state index contributed by atoms with van der Waals surface area (Å²) in [5.74, 6) is 5.61. The van der Waals surface area contributed by atoms with E-state index in [0.29, 0.717) is 67.0 Å². The number of imide groups is 1. The number of fused-ring (bicyclic) bond motifs is 21. The lowest BCUT2D eigenvalue weighted by Crippen LogP contribution is -2.61. The van der Waals surface area contributed by atoms with Gasteiger partial charge in [0.2, 0.25) is 0 Å². The molecule has 6 aliphatic heterocycles. The third-order valence-electron chi connectivity index (χ3n) is 16.0. The van der Waals surface area contributed by atoms with E-state index < -0.39 is 0 Å². The smallest absolute Gasteiger partial charge is 0.261 e. The summed E-state index contributed by atoms with van der Waals surface area (Å²) in [6, 6.07) is 6.91. The van der Waals surface area contributed by atoms with Crippen molar-refractivity contribution in [2.24, 2.45) is 47.3 Å². The molecule has 5 saturated heterocycles. The molecule has 8 atom stereocenters. The summed E-state index contributed by atoms with van der Waals surface area (Å²) in [5, 5.41) is 33.8. The van der Waals surface area contributed by atoms with Gasteiger partial charge in [-0.1, -0.05) is 63.5 Å². The number of carbonyl (C=O) groups is 2. The van der Waals surface area contributed by atoms with Gasteiger partial charge in [0.1, 0.15) is 0 Å². The van der Waals surface area contributed by atoms with Gasteiger partial charge in [-0.25, -0.2) is 0 Å². The van der Waals surface area contributed by atoms with E-state index in [9.17, 15) is 9.59 Å². The van der Waals surface area contributed by atoms with Gasteiger partial charge in [0, 0.05) is 6.54 Å². The highest BCUT2D eigenvalue weighted by atomic mass is 16.2. The molecular weight excluding hydrogens is 663 g/mol. The van der Waals surface area contributed by atoms with E-state index in [1.807, 2.05) is 0 Å². The topological polar surface area (TPSA) is 134 Å². The van der Waals surface area contributed by atoms with Crippen LogP contribution in [0.25, 0.3) is 0 Å². The molecule has 0 aromatic heterocycles. The van der Waals surface area contributed by atoms with E-state index in [0.717, 1.165) is 47.3 Å². The summed E-state index contributed by atoms with van der Waals surface area (Å²) in [6.45, 7) is 2.23. The molecule has 11 rings (SSSR count). The maximum Gasteiger partial charge on any atom is 0.261 e. The molecule has 0 spiro atoms. The van der Waals surface area contributed by atoms with Gasteiger partial charge in [0.25, 0.3) is 11.8 Å². The van der Waals surface area contributed by atoms with Crippen molar-refractivity contribution in [1.82, 2.24) is 47.4 Å². The maximum absolute atomic E-state index is 11.5. The quantitative estimate of drug-likeness (QED) is 0.202. The van der Waals surface area contributed by atoms with Gasteiger partial charge >= 0.3 is 0 Å². The minimum absolute atomic E-state index is 0.178. The Morgan fingerprint density at radius 2 is 0.623 bits per heavy atom. The molecule has 290 valence electrons. The Kier molecular flexibility index (Phi) is 9.93. The third-order valence-corrected chi connectivity index (χ3v) is 16.0. The first-order chi connectivity index (χ1) is 26.1. The fourth-order valence-electron chi connectivity index (χ4n) is 13.5. The van der Waals surface area contributed by atoms with Crippen LogP contribution < -0.4 is 42.5 Å². The highest BCUT2D eigenvalue weighted by molar-refractivity contribution is 6.21. The van der Waals surface area contributed by atoms with Crippen molar-refractivity contribution in [1.29, 1.82) is 0 Å². The Balaban J connectivity index is 0.000000228. The molecule has 0 radical (unpaired) electrons. The van der Waals surface area contributed by atoms with Crippen LogP contribution in [0.5, 0.6) is 0 Å². The summed E-state index contributed by atoms with van der Waals surface area (Å²) in [5.41, 5.74) is 1.05. The zero-order chi connectivity index (χ0) is 35.6. The van der Waals surface area contributed by atoms with E-state index in [1.54, 1.807) is 31.2 Å². The molecule has 4 saturated carbocycles. The van der Waals surface area contributed by atoms with Crippen LogP contribution in [0.15, 0.2) is 24.3 Å². The highest BCUT2D eigenvalue weighted by Gasteiger charge is 2.54. The van der Waals surface area contributed by atoms with Crippen LogP contribution in [0.4, 0.5) is 0 Å². The Hall–Kier alpha value is -1.96. The first kappa shape index (κ1) is 35.5. The number of carbonyl (C=O) groups excluding carboxylic acids is 2. The van der Waals surface area contributed by atoms with Gasteiger partial charge in [0.05, 0.1) is 60.5 Å². The van der Waals surface area contributed by atoms with Crippen LogP contribution in [0.2, 0.25) is 0 Å². The second-order valence-corrected chi connectivity index (χ2v) is 18.5. The second-order valence-electron chi connectivity index (χ2n) is 18.5. The Labute approximate surface area is 316 Å². The van der Waals surface area contributed by atoms with Crippen LogP contribution in [0.3, 0.4) is 0 Å². The molecular formula is C42H65N9O2. The average Bonchev–Trinajstić information content (AvgIpc) is 3.98. The van der Waals surface area contributed by atoms with Crippen LogP contribution in [0.1, 0.15) is 130 Å². The number of hydrogen-bond donors (Lipinski definition) is 8. The van der Waals surface area contributed by atoms with E-state index in [-0.39, 0.29) is 11.8 Å². The molecule has 8 N–H and O–H groups in total. The van der Waals surface area contributed by atoms with E-state index in [2.05, 4.69) is 42.5 Å². The molecule has 11 nitrogen and oxygen atoms in total. The molecule has 9 fully saturated rings. The largest absolute Gasteiger partial charge is 0.286 e. The maximum atomic E-state index is 11.5. The normalized spacial score (nSPS) is 47.2. The molecule has 4 aliphatic carbocycles. The molecule has 8 bridgehead atoms. The van der Waals surface area contributed by atoms with Crippen molar-refractivity contribution in [3.63, 3.8) is 0 Å². The van der Waals surface area contributed by atoms with Gasteiger partial charge in [-0.15, -0.1) is 0 Å². The number of rotatable bonds is 1. The third kappa shape index (κ3) is 6.33. The predicted octanol–water partition coefficient (Wildman–Crippen LogP) is 3.91. The molecule has 8 unspecified atom stereocenters. The van der Waals surface area contributed by atoms with Crippen LogP contribution in [-0.4, -0.2) is 72.6 Å². The SMILES string of the molecule is C1CCC2C3NC(NC4NC(NC5NC(NC6NC(N3)C3CCCCC63)C3CCCCC53)C3CCCCC43)C2C1.CCN1C(=O)c2ccccc2C1=O. The summed E-state index contributed by atoms with van der Waals surface area (Å²) in [7, 11) is 0. The summed E-state index contributed by atoms with van der Waals surface area (Å²) < 4.78 is 0. The molecule has 1 aromatic carbocycles. The Morgan fingerprint density at radius 3 is 0.811 bits per heavy atom. The minimum atomic E-state index is -0.178. The number of nitrogens with zero attached hydrogens (tertiary/aromatic N) is 1. The van der Waals surface area contributed by atoms with Crippen LogP contribution >= 0.6 is 0 Å². The van der Waals surface area contributed by atoms with Crippen molar-refractivity contribution < 1.29 is 9.59 Å². The number of amides is 2. The number of nitrogens with one attached hydrogen (secondary N) is 8. The minimum Gasteiger partial charge on any atom is -0.286 e. The van der Waals surface area contributed by atoms with Crippen LogP contribution in [-0.2, 0) is 0 Å². The van der Waals surface area contributed by atoms with Crippen molar-refractivity contribution in [3.8, 4) is 0 Å². The lowest BCUT2D eigenvalue weighted by molar-refractivity contribution is 0.0663. The molecule has 6 heterocycles. The summed E-state index contributed by atoms with van der Waals surface area (Å²) in [4.78, 5) is 24.3. The zero-order valence-corrected chi connectivity index (χ0v) is 31.8. The van der Waals surface area contributed by atoms with Gasteiger partial charge in [-0.3, -0.25) is 57.0 Å². The fraction of sp³-hybridized carbons (Fsp3) is 0.810. The lowest BCUT2D eigenvalue weighted by atomic mass is 9.76. The van der Waals surface area contributed by atoms with Crippen molar-refractivity contribution in [3.05, 3.63) is 35.4 Å². The van der Waals surface area contributed by atoms with Gasteiger partial charge in [-0.2, -0.15) is 0 Å². The first-order valence-electron chi connectivity index (χ1n) is 22.1. The van der Waals surface area contributed by atoms with Crippen molar-refractivity contribution >= 4 is 11.8 Å². The molecule has 53 heavy (non-hydrogen) atoms. The Bertz CT molecular complexity index is 1270. The van der Waals surface area contributed by atoms with Gasteiger partial charge in [0.15, 0.2) is 0 Å². The predicted molar refractivity (Wildman–Crippen MR) is 205 cm³/mol. The van der Waals surface area contributed by atoms with Gasteiger partial charge < -0.3 is 0 Å². The summed E-state index contributed by atoms with van der Waals surface area (Å²) >= 11 is 0. The van der Waals surface area contributed by atoms with Crippen LogP contribution in [0, 0.1) is 47.3 Å². The van der Waals surface area contributed by atoms with E-state index >= 15 is 0 Å². The monoisotopic (exact) mass is 728 g/mol. The Morgan fingerprint density at radius 1 is 0.415 bits per heavy atom. The van der Waals surface area contributed by atoms with Crippen molar-refractivity contribution in [2.75, 3.05) is 6.54 Å². The standard InChI is InChI=1S/C32H56N8.C10H9NO2/c1-2-10-18-17(9-1)25-33-26(18)38-28-21-13-5-6-14-22(21)30(35-28)40-32-24-16-8-7-15-23(24)31(36-32)39-29-20-12-4-3-11-19(20)27(34-29)37-25;1-2-11-9(12)7-5-3-4-6-8(7)10(11)13/h17-40H,1-16H2;3-6H,2H2,1H3. The van der Waals surface area contributed by atoms with E-state index in [1.165, 1.54) is 108 Å². The molecule has 10 aliphatic rings. The first-order valence-corrected chi connectivity index (χ1v) is 22.1. The van der Waals surface area contributed by atoms with Gasteiger partial charge in [-0.05, 0) is 118 Å². The molecule has 2 amide bonds. The van der Waals surface area contributed by atoms with Crippen molar-refractivity contribution in [2.45, 2.75) is 159 Å².